The number of ether oxygens (including phenoxy) is 1. The van der Waals surface area contributed by atoms with Crippen LogP contribution in [0.5, 0.6) is 0 Å². The second-order valence-corrected chi connectivity index (χ2v) is 4.44. The lowest BCUT2D eigenvalue weighted by molar-refractivity contribution is 0.185. The van der Waals surface area contributed by atoms with Crippen molar-refractivity contribution in [3.63, 3.8) is 0 Å². The number of hydrogen-bond acceptors (Lipinski definition) is 2. The molecule has 0 heterocycles. The molecule has 0 aliphatic heterocycles. The van der Waals surface area contributed by atoms with Gasteiger partial charge in [-0.05, 0) is 30.4 Å². The average molecular weight is 272 g/mol. The summed E-state index contributed by atoms with van der Waals surface area (Å²) in [7, 11) is 1.68. The predicted molar refractivity (Wildman–Crippen MR) is 83.4 cm³/mol. The highest BCUT2D eigenvalue weighted by atomic mass is 32.1. The molecule has 0 aliphatic carbocycles. The van der Waals surface area contributed by atoms with E-state index in [4.69, 9.17) is 17.0 Å². The van der Waals surface area contributed by atoms with Crippen molar-refractivity contribution in [2.75, 3.05) is 17.7 Å². The Bertz CT molecular complexity index is 543. The summed E-state index contributed by atoms with van der Waals surface area (Å²) >= 11 is 5.30. The maximum absolute atomic E-state index is 5.30. The van der Waals surface area contributed by atoms with Crippen LogP contribution >= 0.6 is 12.2 Å². The summed E-state index contributed by atoms with van der Waals surface area (Å²) in [6, 6.07) is 17.8. The maximum atomic E-state index is 5.30. The van der Waals surface area contributed by atoms with E-state index in [9.17, 15) is 0 Å². The van der Waals surface area contributed by atoms with Gasteiger partial charge < -0.3 is 15.4 Å². The molecule has 2 rings (SSSR count). The Morgan fingerprint density at radius 3 is 2.42 bits per heavy atom. The molecule has 4 heteroatoms. The fourth-order valence-electron chi connectivity index (χ4n) is 1.73. The molecule has 3 nitrogen and oxygen atoms in total. The third-order valence-corrected chi connectivity index (χ3v) is 2.80. The van der Waals surface area contributed by atoms with Gasteiger partial charge in [-0.3, -0.25) is 0 Å². The normalized spacial score (nSPS) is 9.95. The molecule has 98 valence electrons. The first-order valence-corrected chi connectivity index (χ1v) is 6.40. The largest absolute Gasteiger partial charge is 0.380 e. The van der Waals surface area contributed by atoms with Gasteiger partial charge in [-0.15, -0.1) is 0 Å². The van der Waals surface area contributed by atoms with E-state index in [1.807, 2.05) is 54.6 Å². The summed E-state index contributed by atoms with van der Waals surface area (Å²) in [5.74, 6) is 0. The van der Waals surface area contributed by atoms with Gasteiger partial charge in [-0.2, -0.15) is 0 Å². The van der Waals surface area contributed by atoms with Crippen LogP contribution in [0.15, 0.2) is 54.6 Å². The molecule has 0 bridgehead atoms. The van der Waals surface area contributed by atoms with E-state index in [1.165, 1.54) is 0 Å². The number of anilines is 2. The van der Waals surface area contributed by atoms with Gasteiger partial charge >= 0.3 is 0 Å². The van der Waals surface area contributed by atoms with Crippen molar-refractivity contribution >= 4 is 28.7 Å². The second kappa shape index (κ2) is 6.87. The third-order valence-electron chi connectivity index (χ3n) is 2.60. The lowest BCUT2D eigenvalue weighted by Gasteiger charge is -2.13. The standard InChI is InChI=1S/C15H16N2OS/c1-18-11-12-7-5-6-10-14(12)17-15(19)16-13-8-3-2-4-9-13/h2-10H,11H2,1H3,(H2,16,17,19). The van der Waals surface area contributed by atoms with Crippen LogP contribution in [0.4, 0.5) is 11.4 Å². The van der Waals surface area contributed by atoms with Crippen LogP contribution in [0.25, 0.3) is 0 Å². The minimum atomic E-state index is 0.553. The topological polar surface area (TPSA) is 33.3 Å². The molecule has 2 N–H and O–H groups in total. The van der Waals surface area contributed by atoms with Crippen LogP contribution in [0.2, 0.25) is 0 Å². The number of hydrogen-bond donors (Lipinski definition) is 2. The fraction of sp³-hybridized carbons (Fsp3) is 0.133. The van der Waals surface area contributed by atoms with Crippen LogP contribution in [-0.2, 0) is 11.3 Å². The Hall–Kier alpha value is -1.91. The van der Waals surface area contributed by atoms with Crippen molar-refractivity contribution in [2.24, 2.45) is 0 Å². The van der Waals surface area contributed by atoms with Crippen LogP contribution in [0, 0.1) is 0 Å². The molecule has 0 amide bonds. The van der Waals surface area contributed by atoms with Gasteiger partial charge in [-0.25, -0.2) is 0 Å². The number of para-hydroxylation sites is 2. The smallest absolute Gasteiger partial charge is 0.175 e. The average Bonchev–Trinajstić information content (AvgIpc) is 2.42. The quantitative estimate of drug-likeness (QED) is 0.833. The van der Waals surface area contributed by atoms with E-state index in [0.717, 1.165) is 16.9 Å². The summed E-state index contributed by atoms with van der Waals surface area (Å²) in [6.45, 7) is 0.553. The van der Waals surface area contributed by atoms with Gasteiger partial charge in [0.2, 0.25) is 0 Å². The highest BCUT2D eigenvalue weighted by Crippen LogP contribution is 2.16. The van der Waals surface area contributed by atoms with E-state index in [0.29, 0.717) is 11.7 Å². The van der Waals surface area contributed by atoms with Crippen LogP contribution < -0.4 is 10.6 Å². The van der Waals surface area contributed by atoms with Crippen LogP contribution in [-0.4, -0.2) is 12.2 Å². The molecule has 0 aromatic heterocycles. The van der Waals surface area contributed by atoms with Crippen molar-refractivity contribution in [3.05, 3.63) is 60.2 Å². The molecule has 2 aromatic carbocycles. The molecule has 0 unspecified atom stereocenters. The zero-order valence-electron chi connectivity index (χ0n) is 10.7. The number of nitrogens with one attached hydrogen (secondary N) is 2. The lowest BCUT2D eigenvalue weighted by Crippen LogP contribution is -2.19. The summed E-state index contributed by atoms with van der Waals surface area (Å²) in [5.41, 5.74) is 2.99. The molecule has 19 heavy (non-hydrogen) atoms. The first-order valence-electron chi connectivity index (χ1n) is 5.99. The maximum Gasteiger partial charge on any atom is 0.175 e. The number of methoxy groups -OCH3 is 1. The molecule has 0 spiro atoms. The second-order valence-electron chi connectivity index (χ2n) is 4.04. The van der Waals surface area contributed by atoms with E-state index < -0.39 is 0 Å². The molecule has 0 radical (unpaired) electrons. The Morgan fingerprint density at radius 1 is 1.00 bits per heavy atom. The molecule has 0 saturated carbocycles. The Labute approximate surface area is 118 Å². The van der Waals surface area contributed by atoms with E-state index in [2.05, 4.69) is 10.6 Å². The van der Waals surface area contributed by atoms with E-state index in [1.54, 1.807) is 7.11 Å². The summed E-state index contributed by atoms with van der Waals surface area (Å²) in [6.07, 6.45) is 0. The van der Waals surface area contributed by atoms with Crippen molar-refractivity contribution in [2.45, 2.75) is 6.61 Å². The Kier molecular flexibility index (Phi) is 4.89. The van der Waals surface area contributed by atoms with Crippen molar-refractivity contribution in [3.8, 4) is 0 Å². The zero-order chi connectivity index (χ0) is 13.5. The van der Waals surface area contributed by atoms with Gasteiger partial charge in [0.25, 0.3) is 0 Å². The van der Waals surface area contributed by atoms with Crippen molar-refractivity contribution < 1.29 is 4.74 Å². The SMILES string of the molecule is COCc1ccccc1NC(=S)Nc1ccccc1. The summed E-state index contributed by atoms with van der Waals surface area (Å²) < 4.78 is 5.16. The summed E-state index contributed by atoms with van der Waals surface area (Å²) in [4.78, 5) is 0. The predicted octanol–water partition coefficient (Wildman–Crippen LogP) is 3.64. The molecular formula is C15H16N2OS. The highest BCUT2D eigenvalue weighted by molar-refractivity contribution is 7.80. The van der Waals surface area contributed by atoms with Crippen molar-refractivity contribution in [1.29, 1.82) is 0 Å². The first-order chi connectivity index (χ1) is 9.29. The number of thiocarbonyl (C=S) groups is 1. The molecular weight excluding hydrogens is 256 g/mol. The minimum Gasteiger partial charge on any atom is -0.380 e. The molecule has 2 aromatic rings. The Morgan fingerprint density at radius 2 is 1.68 bits per heavy atom. The number of rotatable bonds is 4. The fourth-order valence-corrected chi connectivity index (χ4v) is 1.96. The first kappa shape index (κ1) is 13.5. The van der Waals surface area contributed by atoms with Crippen LogP contribution in [0.1, 0.15) is 5.56 Å². The van der Waals surface area contributed by atoms with Gasteiger partial charge in [0.1, 0.15) is 0 Å². The Balaban J connectivity index is 2.03. The van der Waals surface area contributed by atoms with Crippen molar-refractivity contribution in [1.82, 2.24) is 0 Å². The van der Waals surface area contributed by atoms with E-state index >= 15 is 0 Å². The molecule has 0 atom stereocenters. The zero-order valence-corrected chi connectivity index (χ0v) is 11.5. The van der Waals surface area contributed by atoms with Gasteiger partial charge in [0.05, 0.1) is 6.61 Å². The lowest BCUT2D eigenvalue weighted by atomic mass is 10.2. The van der Waals surface area contributed by atoms with Gasteiger partial charge in [0, 0.05) is 24.0 Å². The highest BCUT2D eigenvalue weighted by Gasteiger charge is 2.03. The molecule has 0 aliphatic rings. The van der Waals surface area contributed by atoms with Gasteiger partial charge in [-0.1, -0.05) is 36.4 Å². The van der Waals surface area contributed by atoms with E-state index in [-0.39, 0.29) is 0 Å². The minimum absolute atomic E-state index is 0.553. The van der Waals surface area contributed by atoms with Crippen LogP contribution in [0.3, 0.4) is 0 Å². The molecule has 0 fully saturated rings. The van der Waals surface area contributed by atoms with Gasteiger partial charge in [0.15, 0.2) is 5.11 Å². The number of benzene rings is 2. The monoisotopic (exact) mass is 272 g/mol. The summed E-state index contributed by atoms with van der Waals surface area (Å²) in [5, 5.41) is 6.89. The third kappa shape index (κ3) is 4.05. The molecule has 0 saturated heterocycles.